The fraction of sp³-hybridized carbons (Fsp3) is 0.409. The molecule has 2 aromatic carbocycles. The number of carbonyl (C=O) groups excluding carboxylic acids is 1. The van der Waals surface area contributed by atoms with Crippen LogP contribution in [0.4, 0.5) is 5.69 Å². The summed E-state index contributed by atoms with van der Waals surface area (Å²) < 4.78 is 12.3. The molecule has 0 bridgehead atoms. The molecule has 1 N–H and O–H groups in total. The van der Waals surface area contributed by atoms with E-state index in [1.807, 2.05) is 44.2 Å². The molecule has 0 unspecified atom stereocenters. The quantitative estimate of drug-likeness (QED) is 0.438. The summed E-state index contributed by atoms with van der Waals surface area (Å²) in [5, 5.41) is 2.92. The molecular formula is C22H28BrNO3. The molecule has 0 aliphatic carbocycles. The molecule has 5 heteroatoms. The molecular weight excluding hydrogens is 406 g/mol. The lowest BCUT2D eigenvalue weighted by atomic mass is 10.2. The number of hydrogen-bond donors (Lipinski definition) is 1. The van der Waals surface area contributed by atoms with E-state index in [0.29, 0.717) is 23.6 Å². The van der Waals surface area contributed by atoms with E-state index in [4.69, 9.17) is 9.47 Å². The Morgan fingerprint density at radius 1 is 1.07 bits per heavy atom. The first kappa shape index (κ1) is 21.3. The third-order valence-electron chi connectivity index (χ3n) is 3.95. The summed E-state index contributed by atoms with van der Waals surface area (Å²) in [5.74, 6) is 1.23. The van der Waals surface area contributed by atoms with E-state index < -0.39 is 0 Å². The largest absolute Gasteiger partial charge is 0.492 e. The zero-order valence-electron chi connectivity index (χ0n) is 16.3. The molecule has 0 heterocycles. The van der Waals surface area contributed by atoms with Crippen LogP contribution in [0.1, 0.15) is 56.8 Å². The molecule has 0 aliphatic rings. The van der Waals surface area contributed by atoms with Gasteiger partial charge >= 0.3 is 0 Å². The molecule has 146 valence electrons. The highest BCUT2D eigenvalue weighted by molar-refractivity contribution is 9.10. The molecule has 0 aliphatic heterocycles. The number of para-hydroxylation sites is 2. The van der Waals surface area contributed by atoms with E-state index in [0.717, 1.165) is 16.6 Å². The normalized spacial score (nSPS) is 10.7. The minimum atomic E-state index is -0.190. The van der Waals surface area contributed by atoms with E-state index >= 15 is 0 Å². The van der Waals surface area contributed by atoms with E-state index in [-0.39, 0.29) is 12.0 Å². The fourth-order valence-electron chi connectivity index (χ4n) is 2.59. The number of anilines is 1. The van der Waals surface area contributed by atoms with Gasteiger partial charge in [-0.25, -0.2) is 0 Å². The average molecular weight is 434 g/mol. The van der Waals surface area contributed by atoms with Crippen LogP contribution in [0.15, 0.2) is 46.9 Å². The minimum Gasteiger partial charge on any atom is -0.492 e. The summed E-state index contributed by atoms with van der Waals surface area (Å²) in [4.78, 5) is 12.6. The molecule has 0 saturated carbocycles. The van der Waals surface area contributed by atoms with Crippen molar-refractivity contribution >= 4 is 27.5 Å². The Labute approximate surface area is 170 Å². The highest BCUT2D eigenvalue weighted by atomic mass is 79.9. The highest BCUT2D eigenvalue weighted by Gasteiger charge is 2.12. The lowest BCUT2D eigenvalue weighted by Crippen LogP contribution is -2.14. The van der Waals surface area contributed by atoms with Crippen molar-refractivity contribution in [3.8, 4) is 11.5 Å². The molecule has 1 amide bonds. The molecule has 0 spiro atoms. The molecule has 2 aromatic rings. The number of hydrogen-bond acceptors (Lipinski definition) is 3. The van der Waals surface area contributed by atoms with Crippen LogP contribution in [0.3, 0.4) is 0 Å². The molecule has 0 saturated heterocycles. The van der Waals surface area contributed by atoms with Gasteiger partial charge in [0.05, 0.1) is 22.9 Å². The molecule has 0 atom stereocenters. The summed E-state index contributed by atoms with van der Waals surface area (Å²) >= 11 is 3.50. The second-order valence-electron chi connectivity index (χ2n) is 6.67. The van der Waals surface area contributed by atoms with Crippen molar-refractivity contribution in [2.75, 3.05) is 11.9 Å². The lowest BCUT2D eigenvalue weighted by molar-refractivity contribution is 0.102. The van der Waals surface area contributed by atoms with Crippen molar-refractivity contribution in [2.45, 2.75) is 52.6 Å². The number of nitrogens with one attached hydrogen (secondary N) is 1. The molecule has 27 heavy (non-hydrogen) atoms. The van der Waals surface area contributed by atoms with Crippen LogP contribution in [-0.4, -0.2) is 18.6 Å². The molecule has 2 rings (SSSR count). The van der Waals surface area contributed by atoms with Crippen LogP contribution in [0, 0.1) is 0 Å². The van der Waals surface area contributed by atoms with Crippen LogP contribution < -0.4 is 14.8 Å². The van der Waals surface area contributed by atoms with Crippen LogP contribution in [0.25, 0.3) is 0 Å². The van der Waals surface area contributed by atoms with Gasteiger partial charge in [-0.1, -0.05) is 38.3 Å². The second-order valence-corrected chi connectivity index (χ2v) is 7.53. The van der Waals surface area contributed by atoms with E-state index in [2.05, 4.69) is 28.2 Å². The van der Waals surface area contributed by atoms with Crippen LogP contribution >= 0.6 is 15.9 Å². The van der Waals surface area contributed by atoms with Crippen molar-refractivity contribution in [3.63, 3.8) is 0 Å². The van der Waals surface area contributed by atoms with Gasteiger partial charge in [0.1, 0.15) is 11.5 Å². The Kier molecular flexibility index (Phi) is 8.65. The first-order valence-electron chi connectivity index (χ1n) is 9.50. The van der Waals surface area contributed by atoms with Gasteiger partial charge in [0.25, 0.3) is 5.91 Å². The Morgan fingerprint density at radius 3 is 2.56 bits per heavy atom. The van der Waals surface area contributed by atoms with Gasteiger partial charge in [0.15, 0.2) is 0 Å². The first-order valence-corrected chi connectivity index (χ1v) is 10.3. The zero-order chi connectivity index (χ0) is 19.6. The number of rotatable bonds is 10. The number of carbonyl (C=O) groups is 1. The number of halogens is 1. The second kappa shape index (κ2) is 11.0. The van der Waals surface area contributed by atoms with Gasteiger partial charge in [-0.2, -0.15) is 0 Å². The fourth-order valence-corrected chi connectivity index (χ4v) is 3.08. The van der Waals surface area contributed by atoms with Gasteiger partial charge in [0.2, 0.25) is 0 Å². The first-order chi connectivity index (χ1) is 13.0. The smallest absolute Gasteiger partial charge is 0.255 e. The Bertz CT molecular complexity index is 746. The molecule has 0 radical (unpaired) electrons. The highest BCUT2D eigenvalue weighted by Crippen LogP contribution is 2.28. The summed E-state index contributed by atoms with van der Waals surface area (Å²) in [5.41, 5.74) is 1.21. The average Bonchev–Trinajstić information content (AvgIpc) is 2.63. The zero-order valence-corrected chi connectivity index (χ0v) is 17.8. The Morgan fingerprint density at radius 2 is 1.85 bits per heavy atom. The van der Waals surface area contributed by atoms with E-state index in [1.165, 1.54) is 19.3 Å². The number of unbranched alkanes of at least 4 members (excludes halogenated alkanes) is 3. The van der Waals surface area contributed by atoms with Crippen LogP contribution in [0.2, 0.25) is 0 Å². The lowest BCUT2D eigenvalue weighted by Gasteiger charge is -2.15. The van der Waals surface area contributed by atoms with Crippen molar-refractivity contribution in [3.05, 3.63) is 52.5 Å². The predicted octanol–water partition coefficient (Wildman–Crippen LogP) is 6.45. The number of benzene rings is 2. The van der Waals surface area contributed by atoms with Gasteiger partial charge < -0.3 is 14.8 Å². The van der Waals surface area contributed by atoms with Gasteiger partial charge in [-0.15, -0.1) is 0 Å². The van der Waals surface area contributed by atoms with E-state index in [1.54, 1.807) is 12.1 Å². The Hall–Kier alpha value is -2.01. The SMILES string of the molecule is CCCCCCOc1ccc(C(=O)Nc2ccccc2OC(C)C)cc1Br. The monoisotopic (exact) mass is 433 g/mol. The number of ether oxygens (including phenoxy) is 2. The third-order valence-corrected chi connectivity index (χ3v) is 4.57. The summed E-state index contributed by atoms with van der Waals surface area (Å²) in [7, 11) is 0. The molecule has 0 fully saturated rings. The van der Waals surface area contributed by atoms with Gasteiger partial charge in [0, 0.05) is 5.56 Å². The molecule has 0 aromatic heterocycles. The maximum Gasteiger partial charge on any atom is 0.255 e. The van der Waals surface area contributed by atoms with Crippen LogP contribution in [-0.2, 0) is 0 Å². The summed E-state index contributed by atoms with van der Waals surface area (Å²) in [6.45, 7) is 6.78. The van der Waals surface area contributed by atoms with Crippen molar-refractivity contribution in [1.82, 2.24) is 0 Å². The van der Waals surface area contributed by atoms with Gasteiger partial charge in [-0.3, -0.25) is 4.79 Å². The van der Waals surface area contributed by atoms with Crippen molar-refractivity contribution in [1.29, 1.82) is 0 Å². The van der Waals surface area contributed by atoms with Gasteiger partial charge in [-0.05, 0) is 66.5 Å². The standard InChI is InChI=1S/C22H28BrNO3/c1-4-5-6-9-14-26-20-13-12-17(15-18(20)23)22(25)24-19-10-7-8-11-21(19)27-16(2)3/h7-8,10-13,15-16H,4-6,9,14H2,1-3H3,(H,24,25). The van der Waals surface area contributed by atoms with E-state index in [9.17, 15) is 4.79 Å². The summed E-state index contributed by atoms with van der Waals surface area (Å²) in [6, 6.07) is 12.8. The third kappa shape index (κ3) is 6.90. The van der Waals surface area contributed by atoms with Crippen LogP contribution in [0.5, 0.6) is 11.5 Å². The van der Waals surface area contributed by atoms with Crippen molar-refractivity contribution in [2.24, 2.45) is 0 Å². The number of amides is 1. The maximum atomic E-state index is 12.6. The minimum absolute atomic E-state index is 0.0333. The molecule has 4 nitrogen and oxygen atoms in total. The Balaban J connectivity index is 2.00. The van der Waals surface area contributed by atoms with Crippen molar-refractivity contribution < 1.29 is 14.3 Å². The summed E-state index contributed by atoms with van der Waals surface area (Å²) in [6.07, 6.45) is 4.68. The predicted molar refractivity (Wildman–Crippen MR) is 114 cm³/mol. The maximum absolute atomic E-state index is 12.6. The topological polar surface area (TPSA) is 47.6 Å².